The lowest BCUT2D eigenvalue weighted by Gasteiger charge is -1.96. The zero-order valence-corrected chi connectivity index (χ0v) is 11.6. The molecule has 2 heterocycles. The minimum absolute atomic E-state index is 0.244. The number of nitrogens with zero attached hydrogens (tertiary/aromatic N) is 4. The van der Waals surface area contributed by atoms with E-state index in [0.717, 1.165) is 4.70 Å². The summed E-state index contributed by atoms with van der Waals surface area (Å²) in [5.41, 5.74) is 6.72. The lowest BCUT2D eigenvalue weighted by molar-refractivity contribution is 0.883. The molecule has 19 heavy (non-hydrogen) atoms. The van der Waals surface area contributed by atoms with Crippen molar-refractivity contribution in [1.29, 1.82) is 5.26 Å². The topological polar surface area (TPSA) is 80.5 Å². The molecule has 0 spiro atoms. The SMILES string of the molecule is N#Cc1cnn(-c2nc3c(Cl)ccc(Cl)c3s2)c1N. The Bertz CT molecular complexity index is 791. The van der Waals surface area contributed by atoms with Gasteiger partial charge in [-0.25, -0.2) is 4.98 Å². The first-order valence-corrected chi connectivity index (χ1v) is 6.67. The summed E-state index contributed by atoms with van der Waals surface area (Å²) in [6.45, 7) is 0. The highest BCUT2D eigenvalue weighted by Gasteiger charge is 2.15. The molecule has 8 heteroatoms. The molecule has 0 radical (unpaired) electrons. The Balaban J connectivity index is 2.27. The summed E-state index contributed by atoms with van der Waals surface area (Å²) in [7, 11) is 0. The fourth-order valence-corrected chi connectivity index (χ4v) is 3.11. The average Bonchev–Trinajstić information content (AvgIpc) is 2.98. The number of benzene rings is 1. The van der Waals surface area contributed by atoms with E-state index in [9.17, 15) is 0 Å². The van der Waals surface area contributed by atoms with Crippen molar-refractivity contribution >= 4 is 50.6 Å². The minimum Gasteiger partial charge on any atom is -0.382 e. The number of halogens is 2. The van der Waals surface area contributed by atoms with Crippen LogP contribution in [0.5, 0.6) is 0 Å². The molecule has 2 aromatic heterocycles. The molecule has 1 aromatic carbocycles. The number of thiazole rings is 1. The molecule has 0 aliphatic heterocycles. The van der Waals surface area contributed by atoms with E-state index in [2.05, 4.69) is 10.1 Å². The summed E-state index contributed by atoms with van der Waals surface area (Å²) in [5, 5.41) is 14.5. The first-order chi connectivity index (χ1) is 9.11. The lowest BCUT2D eigenvalue weighted by Crippen LogP contribution is -2.01. The second-order valence-electron chi connectivity index (χ2n) is 3.67. The third kappa shape index (κ3) is 1.83. The van der Waals surface area contributed by atoms with Gasteiger partial charge in [-0.1, -0.05) is 34.5 Å². The number of hydrogen-bond acceptors (Lipinski definition) is 5. The van der Waals surface area contributed by atoms with Gasteiger partial charge in [0.1, 0.15) is 23.0 Å². The van der Waals surface area contributed by atoms with Crippen LogP contribution in [-0.2, 0) is 0 Å². The average molecular weight is 310 g/mol. The third-order valence-electron chi connectivity index (χ3n) is 2.54. The third-order valence-corrected chi connectivity index (χ3v) is 4.34. The van der Waals surface area contributed by atoms with E-state index in [-0.39, 0.29) is 5.82 Å². The Kier molecular flexibility index (Phi) is 2.82. The number of nitrogen functional groups attached to an aromatic ring is 1. The van der Waals surface area contributed by atoms with Crippen LogP contribution in [0.25, 0.3) is 15.3 Å². The van der Waals surface area contributed by atoms with Gasteiger partial charge in [-0.2, -0.15) is 15.0 Å². The molecule has 94 valence electrons. The van der Waals surface area contributed by atoms with Crippen LogP contribution in [0.4, 0.5) is 5.82 Å². The predicted octanol–water partition coefficient (Wildman–Crippen LogP) is 3.24. The summed E-state index contributed by atoms with van der Waals surface area (Å²) in [5.74, 6) is 0.244. The highest BCUT2D eigenvalue weighted by atomic mass is 35.5. The van der Waals surface area contributed by atoms with Gasteiger partial charge in [0.25, 0.3) is 0 Å². The maximum absolute atomic E-state index is 8.86. The van der Waals surface area contributed by atoms with Gasteiger partial charge in [-0.05, 0) is 12.1 Å². The van der Waals surface area contributed by atoms with E-state index >= 15 is 0 Å². The smallest absolute Gasteiger partial charge is 0.213 e. The van der Waals surface area contributed by atoms with Crippen LogP contribution in [0.15, 0.2) is 18.3 Å². The number of nitriles is 1. The second-order valence-corrected chi connectivity index (χ2v) is 5.46. The van der Waals surface area contributed by atoms with Gasteiger partial charge >= 0.3 is 0 Å². The Morgan fingerprint density at radius 2 is 2.05 bits per heavy atom. The van der Waals surface area contributed by atoms with Crippen molar-refractivity contribution in [2.45, 2.75) is 0 Å². The normalized spacial score (nSPS) is 10.8. The standard InChI is InChI=1S/C11H5Cl2N5S/c12-6-1-2-7(13)9-8(6)17-11(19-9)18-10(15)5(3-14)4-16-18/h1-2,4H,15H2. The maximum atomic E-state index is 8.86. The van der Waals surface area contributed by atoms with E-state index in [0.29, 0.717) is 26.3 Å². The first-order valence-electron chi connectivity index (χ1n) is 5.10. The molecule has 0 unspecified atom stereocenters. The maximum Gasteiger partial charge on any atom is 0.213 e. The van der Waals surface area contributed by atoms with Gasteiger partial charge in [0.2, 0.25) is 5.13 Å². The number of aromatic nitrogens is 3. The number of hydrogen-bond donors (Lipinski definition) is 1. The quantitative estimate of drug-likeness (QED) is 0.748. The van der Waals surface area contributed by atoms with Crippen LogP contribution in [0.2, 0.25) is 10.0 Å². The van der Waals surface area contributed by atoms with Gasteiger partial charge < -0.3 is 5.73 Å². The van der Waals surface area contributed by atoms with Crippen LogP contribution in [0, 0.1) is 11.3 Å². The molecule has 3 rings (SSSR count). The Labute approximate surface area is 121 Å². The van der Waals surface area contributed by atoms with E-state index in [1.54, 1.807) is 12.1 Å². The molecule has 0 fully saturated rings. The minimum atomic E-state index is 0.244. The van der Waals surface area contributed by atoms with Crippen LogP contribution in [0.1, 0.15) is 5.56 Å². The van der Waals surface area contributed by atoms with Crippen molar-refractivity contribution < 1.29 is 0 Å². The van der Waals surface area contributed by atoms with Crippen molar-refractivity contribution in [3.63, 3.8) is 0 Å². The lowest BCUT2D eigenvalue weighted by atomic mass is 10.3. The van der Waals surface area contributed by atoms with Gasteiger partial charge in [-0.15, -0.1) is 0 Å². The van der Waals surface area contributed by atoms with Crippen LogP contribution in [0.3, 0.4) is 0 Å². The summed E-state index contributed by atoms with van der Waals surface area (Å²) >= 11 is 13.5. The molecule has 0 bridgehead atoms. The fourth-order valence-electron chi connectivity index (χ4n) is 1.62. The molecule has 0 amide bonds. The van der Waals surface area contributed by atoms with Crippen molar-refractivity contribution in [1.82, 2.24) is 14.8 Å². The molecule has 0 aliphatic rings. The van der Waals surface area contributed by atoms with Crippen molar-refractivity contribution in [3.8, 4) is 11.2 Å². The van der Waals surface area contributed by atoms with Gasteiger partial charge in [0.05, 0.1) is 20.9 Å². The van der Waals surface area contributed by atoms with Crippen LogP contribution in [-0.4, -0.2) is 14.8 Å². The number of anilines is 1. The fraction of sp³-hybridized carbons (Fsp3) is 0. The van der Waals surface area contributed by atoms with Crippen molar-refractivity contribution in [2.75, 3.05) is 5.73 Å². The molecular formula is C11H5Cl2N5S. The largest absolute Gasteiger partial charge is 0.382 e. The molecule has 3 aromatic rings. The van der Waals surface area contributed by atoms with Gasteiger partial charge in [0, 0.05) is 0 Å². The van der Waals surface area contributed by atoms with Crippen LogP contribution < -0.4 is 5.73 Å². The molecule has 2 N–H and O–H groups in total. The molecule has 0 saturated heterocycles. The van der Waals surface area contributed by atoms with Crippen molar-refractivity contribution in [3.05, 3.63) is 33.9 Å². The zero-order valence-electron chi connectivity index (χ0n) is 9.26. The van der Waals surface area contributed by atoms with E-state index in [4.69, 9.17) is 34.2 Å². The Morgan fingerprint density at radius 3 is 2.68 bits per heavy atom. The van der Waals surface area contributed by atoms with Crippen molar-refractivity contribution in [2.24, 2.45) is 0 Å². The molecule has 0 saturated carbocycles. The van der Waals surface area contributed by atoms with E-state index in [1.165, 1.54) is 22.2 Å². The highest BCUT2D eigenvalue weighted by molar-refractivity contribution is 7.21. The van der Waals surface area contributed by atoms with Gasteiger partial charge in [0.15, 0.2) is 0 Å². The Morgan fingerprint density at radius 1 is 1.32 bits per heavy atom. The summed E-state index contributed by atoms with van der Waals surface area (Å²) < 4.78 is 2.16. The molecule has 0 atom stereocenters. The summed E-state index contributed by atoms with van der Waals surface area (Å²) in [4.78, 5) is 4.36. The number of fused-ring (bicyclic) bond motifs is 1. The summed E-state index contributed by atoms with van der Waals surface area (Å²) in [6.07, 6.45) is 1.39. The molecule has 0 aliphatic carbocycles. The summed E-state index contributed by atoms with van der Waals surface area (Å²) in [6, 6.07) is 5.35. The van der Waals surface area contributed by atoms with E-state index < -0.39 is 0 Å². The predicted molar refractivity (Wildman–Crippen MR) is 75.9 cm³/mol. The van der Waals surface area contributed by atoms with Gasteiger partial charge in [-0.3, -0.25) is 0 Å². The number of rotatable bonds is 1. The first kappa shape index (κ1) is 12.2. The molecule has 5 nitrogen and oxygen atoms in total. The Hall–Kier alpha value is -1.81. The highest BCUT2D eigenvalue weighted by Crippen LogP contribution is 2.35. The number of nitrogens with two attached hydrogens (primary N) is 1. The van der Waals surface area contributed by atoms with Crippen LogP contribution >= 0.6 is 34.5 Å². The second kappa shape index (κ2) is 4.38. The zero-order chi connectivity index (χ0) is 13.6. The monoisotopic (exact) mass is 309 g/mol. The molecular weight excluding hydrogens is 305 g/mol. The van der Waals surface area contributed by atoms with E-state index in [1.807, 2.05) is 6.07 Å².